The van der Waals surface area contributed by atoms with Gasteiger partial charge in [0.2, 0.25) is 0 Å². The summed E-state index contributed by atoms with van der Waals surface area (Å²) in [6.07, 6.45) is 0. The number of carbonyl (C=O) groups is 1. The van der Waals surface area contributed by atoms with E-state index in [1.165, 1.54) is 17.0 Å². The van der Waals surface area contributed by atoms with E-state index in [1.54, 1.807) is 51.4 Å². The van der Waals surface area contributed by atoms with E-state index >= 15 is 0 Å². The molecule has 24 heavy (non-hydrogen) atoms. The molecule has 0 aliphatic rings. The normalized spacial score (nSPS) is 11.7. The van der Waals surface area contributed by atoms with Crippen molar-refractivity contribution < 1.29 is 19.0 Å². The number of benzene rings is 2. The van der Waals surface area contributed by atoms with Crippen LogP contribution in [-0.4, -0.2) is 36.8 Å². The molecule has 0 heterocycles. The van der Waals surface area contributed by atoms with Crippen molar-refractivity contribution in [3.8, 4) is 5.75 Å². The van der Waals surface area contributed by atoms with E-state index in [-0.39, 0.29) is 12.3 Å². The second-order valence-electron chi connectivity index (χ2n) is 5.50. The van der Waals surface area contributed by atoms with Gasteiger partial charge in [0.1, 0.15) is 11.6 Å². The van der Waals surface area contributed by atoms with E-state index < -0.39 is 17.9 Å². The highest BCUT2D eigenvalue weighted by molar-refractivity contribution is 5.89. The summed E-state index contributed by atoms with van der Waals surface area (Å²) in [5.41, 5.74) is 1.62. The summed E-state index contributed by atoms with van der Waals surface area (Å²) in [4.78, 5) is 13.7. The maximum atomic E-state index is 13.9. The zero-order valence-electron chi connectivity index (χ0n) is 13.9. The number of anilines is 1. The highest BCUT2D eigenvalue weighted by Crippen LogP contribution is 2.23. The molecule has 1 atom stereocenters. The third-order valence-electron chi connectivity index (χ3n) is 3.83. The Labute approximate surface area is 140 Å². The molecule has 6 heteroatoms. The van der Waals surface area contributed by atoms with Gasteiger partial charge in [-0.25, -0.2) is 9.18 Å². The lowest BCUT2D eigenvalue weighted by atomic mass is 10.1. The van der Waals surface area contributed by atoms with Crippen LogP contribution in [0.5, 0.6) is 5.75 Å². The largest absolute Gasteiger partial charge is 0.497 e. The fourth-order valence-electron chi connectivity index (χ4n) is 2.34. The molecule has 2 aromatic carbocycles. The van der Waals surface area contributed by atoms with E-state index in [1.807, 2.05) is 0 Å². The predicted molar refractivity (Wildman–Crippen MR) is 90.7 cm³/mol. The lowest BCUT2D eigenvalue weighted by molar-refractivity contribution is 0.158. The van der Waals surface area contributed by atoms with Crippen LogP contribution in [0.4, 0.5) is 14.9 Å². The maximum absolute atomic E-state index is 13.9. The van der Waals surface area contributed by atoms with Crippen molar-refractivity contribution in [3.63, 3.8) is 0 Å². The summed E-state index contributed by atoms with van der Waals surface area (Å²) in [6.45, 7) is 1.51. The minimum absolute atomic E-state index is 0.101. The average molecular weight is 332 g/mol. The molecule has 2 N–H and O–H groups in total. The zero-order valence-corrected chi connectivity index (χ0v) is 13.9. The Morgan fingerprint density at radius 3 is 2.50 bits per heavy atom. The number of rotatable bonds is 5. The highest BCUT2D eigenvalue weighted by Gasteiger charge is 2.22. The summed E-state index contributed by atoms with van der Waals surface area (Å²) in [6, 6.07) is 10.6. The number of methoxy groups -OCH3 is 1. The molecule has 0 saturated heterocycles. The van der Waals surface area contributed by atoms with Gasteiger partial charge in [-0.2, -0.15) is 0 Å². The van der Waals surface area contributed by atoms with Crippen molar-refractivity contribution in [1.29, 1.82) is 0 Å². The first-order chi connectivity index (χ1) is 11.5. The number of aliphatic hydroxyl groups excluding tert-OH is 1. The summed E-state index contributed by atoms with van der Waals surface area (Å²) in [7, 11) is 3.11. The number of nitrogens with zero attached hydrogens (tertiary/aromatic N) is 1. The Hall–Kier alpha value is -2.60. The molecule has 0 fully saturated rings. The molecule has 0 saturated carbocycles. The van der Waals surface area contributed by atoms with Gasteiger partial charge in [0.15, 0.2) is 0 Å². The van der Waals surface area contributed by atoms with Crippen LogP contribution in [-0.2, 0) is 0 Å². The van der Waals surface area contributed by atoms with Crippen LogP contribution in [0.25, 0.3) is 0 Å². The number of ether oxygens (including phenoxy) is 1. The minimum atomic E-state index is -0.551. The Morgan fingerprint density at radius 1 is 1.29 bits per heavy atom. The minimum Gasteiger partial charge on any atom is -0.497 e. The molecule has 5 nitrogen and oxygen atoms in total. The first kappa shape index (κ1) is 17.7. The smallest absolute Gasteiger partial charge is 0.322 e. The molecule has 0 spiro atoms. The molecule has 0 radical (unpaired) electrons. The van der Waals surface area contributed by atoms with Gasteiger partial charge >= 0.3 is 6.03 Å². The molecule has 0 aliphatic carbocycles. The second kappa shape index (κ2) is 7.79. The summed E-state index contributed by atoms with van der Waals surface area (Å²) in [5.74, 6) is 0.186. The van der Waals surface area contributed by atoms with E-state index in [0.717, 1.165) is 11.1 Å². The Bertz CT molecular complexity index is 704. The van der Waals surface area contributed by atoms with E-state index in [9.17, 15) is 14.3 Å². The number of aryl methyl sites for hydroxylation is 1. The van der Waals surface area contributed by atoms with Crippen LogP contribution in [0.2, 0.25) is 0 Å². The number of likely N-dealkylation sites (N-methyl/N-ethyl adjacent to an activating group) is 1. The van der Waals surface area contributed by atoms with E-state index in [0.29, 0.717) is 5.75 Å². The van der Waals surface area contributed by atoms with Crippen molar-refractivity contribution in [3.05, 3.63) is 59.4 Å². The van der Waals surface area contributed by atoms with Crippen LogP contribution < -0.4 is 10.1 Å². The summed E-state index contributed by atoms with van der Waals surface area (Å²) >= 11 is 0. The number of nitrogens with one attached hydrogen (secondary N) is 1. The van der Waals surface area contributed by atoms with Gasteiger partial charge in [-0.15, -0.1) is 0 Å². The van der Waals surface area contributed by atoms with Crippen LogP contribution in [0.15, 0.2) is 42.5 Å². The van der Waals surface area contributed by atoms with Gasteiger partial charge in [0.25, 0.3) is 0 Å². The van der Waals surface area contributed by atoms with Gasteiger partial charge in [-0.1, -0.05) is 18.2 Å². The quantitative estimate of drug-likeness (QED) is 0.883. The SMILES string of the molecule is COc1ccc(C(CO)N(C)C(=O)Nc2ccc(C)cc2F)cc1. The molecular weight excluding hydrogens is 311 g/mol. The Kier molecular flexibility index (Phi) is 5.76. The molecule has 1 unspecified atom stereocenters. The van der Waals surface area contributed by atoms with Crippen LogP contribution >= 0.6 is 0 Å². The molecule has 0 aromatic heterocycles. The molecule has 2 amide bonds. The van der Waals surface area contributed by atoms with Gasteiger partial charge in [-0.05, 0) is 42.3 Å². The number of aliphatic hydroxyl groups is 1. The molecule has 0 bridgehead atoms. The van der Waals surface area contributed by atoms with Crippen molar-refractivity contribution in [2.24, 2.45) is 0 Å². The third kappa shape index (κ3) is 4.02. The number of amides is 2. The lowest BCUT2D eigenvalue weighted by Gasteiger charge is -2.27. The standard InChI is InChI=1S/C18H21FN2O3/c1-12-4-9-16(15(19)10-12)20-18(23)21(2)17(11-22)13-5-7-14(24-3)8-6-13/h4-10,17,22H,11H2,1-3H3,(H,20,23). The van der Waals surface area contributed by atoms with Crippen molar-refractivity contribution >= 4 is 11.7 Å². The molecule has 128 valence electrons. The molecule has 2 rings (SSSR count). The second-order valence-corrected chi connectivity index (χ2v) is 5.50. The van der Waals surface area contributed by atoms with Crippen molar-refractivity contribution in [2.45, 2.75) is 13.0 Å². The van der Waals surface area contributed by atoms with Crippen molar-refractivity contribution in [1.82, 2.24) is 4.90 Å². The Balaban J connectivity index is 2.14. The highest BCUT2D eigenvalue weighted by atomic mass is 19.1. The molecule has 2 aromatic rings. The first-order valence-corrected chi connectivity index (χ1v) is 7.51. The van der Waals surface area contributed by atoms with Gasteiger partial charge in [0, 0.05) is 7.05 Å². The summed E-state index contributed by atoms with van der Waals surface area (Å²) < 4.78 is 19.0. The van der Waals surface area contributed by atoms with E-state index in [2.05, 4.69) is 5.32 Å². The van der Waals surface area contributed by atoms with Gasteiger partial charge < -0.3 is 20.1 Å². The number of halogens is 1. The van der Waals surface area contributed by atoms with Crippen LogP contribution in [0, 0.1) is 12.7 Å². The van der Waals surface area contributed by atoms with Crippen molar-refractivity contribution in [2.75, 3.05) is 26.1 Å². The predicted octanol–water partition coefficient (Wildman–Crippen LogP) is 3.34. The summed E-state index contributed by atoms with van der Waals surface area (Å²) in [5, 5.41) is 12.2. The molecular formula is C18H21FN2O3. The fourth-order valence-corrected chi connectivity index (χ4v) is 2.34. The third-order valence-corrected chi connectivity index (χ3v) is 3.83. The molecule has 0 aliphatic heterocycles. The van der Waals surface area contributed by atoms with Gasteiger partial charge in [-0.3, -0.25) is 0 Å². The van der Waals surface area contributed by atoms with Gasteiger partial charge in [0.05, 0.1) is 25.4 Å². The monoisotopic (exact) mass is 332 g/mol. The topological polar surface area (TPSA) is 61.8 Å². The van der Waals surface area contributed by atoms with Crippen LogP contribution in [0.1, 0.15) is 17.2 Å². The maximum Gasteiger partial charge on any atom is 0.322 e. The van der Waals surface area contributed by atoms with E-state index in [4.69, 9.17) is 4.74 Å². The average Bonchev–Trinajstić information content (AvgIpc) is 2.58. The fraction of sp³-hybridized carbons (Fsp3) is 0.278. The number of hydrogen-bond acceptors (Lipinski definition) is 3. The first-order valence-electron chi connectivity index (χ1n) is 7.51. The zero-order chi connectivity index (χ0) is 17.7. The lowest BCUT2D eigenvalue weighted by Crippen LogP contribution is -2.36. The van der Waals surface area contributed by atoms with Crippen LogP contribution in [0.3, 0.4) is 0 Å². The number of hydrogen-bond donors (Lipinski definition) is 2. The number of urea groups is 1. The Morgan fingerprint density at radius 2 is 1.96 bits per heavy atom. The number of carbonyl (C=O) groups excluding carboxylic acids is 1.